The summed E-state index contributed by atoms with van der Waals surface area (Å²) in [6.45, 7) is 7.07. The lowest BCUT2D eigenvalue weighted by Gasteiger charge is -2.20. The van der Waals surface area contributed by atoms with E-state index in [4.69, 9.17) is 0 Å². The van der Waals surface area contributed by atoms with Gasteiger partial charge in [0.2, 0.25) is 5.91 Å². The van der Waals surface area contributed by atoms with Crippen LogP contribution in [0.15, 0.2) is 41.5 Å². The molecule has 0 saturated carbocycles. The summed E-state index contributed by atoms with van der Waals surface area (Å²) in [6, 6.07) is 10.2. The molecule has 0 saturated heterocycles. The molecule has 8 heteroatoms. The zero-order valence-corrected chi connectivity index (χ0v) is 20.2. The third-order valence-electron chi connectivity index (χ3n) is 4.16. The van der Waals surface area contributed by atoms with E-state index in [1.54, 1.807) is 30.3 Å². The molecule has 154 valence electrons. The second-order valence-electron chi connectivity index (χ2n) is 6.82. The number of amides is 1. The number of likely N-dealkylation sites (N-methyl/N-ethyl adjacent to an activating group) is 1. The van der Waals surface area contributed by atoms with Gasteiger partial charge in [-0.05, 0) is 19.4 Å². The van der Waals surface area contributed by atoms with E-state index in [1.807, 2.05) is 24.4 Å². The van der Waals surface area contributed by atoms with Gasteiger partial charge in [0, 0.05) is 37.6 Å². The van der Waals surface area contributed by atoms with Gasteiger partial charge in [-0.3, -0.25) is 4.79 Å². The summed E-state index contributed by atoms with van der Waals surface area (Å²) in [5, 5.41) is 7.84. The zero-order chi connectivity index (χ0) is 19.8. The number of guanidine groups is 1. The molecular weight excluding hydrogens is 485 g/mol. The molecule has 1 amide bonds. The Balaban J connectivity index is 0.00000392. The van der Waals surface area contributed by atoms with Gasteiger partial charge in [-0.15, -0.1) is 35.3 Å². The lowest BCUT2D eigenvalue weighted by atomic mass is 10.1. The monoisotopic (exact) mass is 515 g/mol. The molecule has 0 aliphatic rings. The van der Waals surface area contributed by atoms with Crippen LogP contribution < -0.4 is 10.6 Å². The van der Waals surface area contributed by atoms with E-state index in [9.17, 15) is 4.79 Å². The summed E-state index contributed by atoms with van der Waals surface area (Å²) in [6.07, 6.45) is 1.90. The minimum absolute atomic E-state index is 0. The summed E-state index contributed by atoms with van der Waals surface area (Å²) in [7, 11) is 3.47. The normalized spacial score (nSPS) is 13.2. The first-order valence-electron chi connectivity index (χ1n) is 9.09. The van der Waals surface area contributed by atoms with Crippen molar-refractivity contribution in [2.45, 2.75) is 32.7 Å². The molecule has 28 heavy (non-hydrogen) atoms. The zero-order valence-electron chi connectivity index (χ0n) is 17.1. The van der Waals surface area contributed by atoms with Gasteiger partial charge in [0.15, 0.2) is 5.96 Å². The largest absolute Gasteiger partial charge is 0.356 e. The third-order valence-corrected chi connectivity index (χ3v) is 5.30. The average Bonchev–Trinajstić information content (AvgIpc) is 3.10. The fraction of sp³-hybridized carbons (Fsp3) is 0.450. The van der Waals surface area contributed by atoms with Gasteiger partial charge in [0.1, 0.15) is 6.54 Å². The van der Waals surface area contributed by atoms with Gasteiger partial charge in [0.05, 0.1) is 11.0 Å². The minimum Gasteiger partial charge on any atom is -0.356 e. The highest BCUT2D eigenvalue weighted by Gasteiger charge is 2.13. The molecule has 0 bridgehead atoms. The van der Waals surface area contributed by atoms with Crippen LogP contribution in [0, 0.1) is 6.92 Å². The van der Waals surface area contributed by atoms with Crippen LogP contribution >= 0.6 is 35.3 Å². The lowest BCUT2D eigenvalue weighted by Crippen LogP contribution is -2.41. The summed E-state index contributed by atoms with van der Waals surface area (Å²) in [4.78, 5) is 23.6. The van der Waals surface area contributed by atoms with E-state index in [0.717, 1.165) is 10.6 Å². The Morgan fingerprint density at radius 2 is 1.93 bits per heavy atom. The van der Waals surface area contributed by atoms with Crippen molar-refractivity contribution in [2.75, 3.05) is 27.2 Å². The van der Waals surface area contributed by atoms with Gasteiger partial charge in [-0.25, -0.2) is 9.98 Å². The summed E-state index contributed by atoms with van der Waals surface area (Å²) in [5.74, 6) is 0.848. The SMILES string of the molecule is Cc1cnc(C(C)CNC(=NCC(=O)N(C)C)NC(C)c2ccccc2)s1.I. The smallest absolute Gasteiger partial charge is 0.243 e. The lowest BCUT2D eigenvalue weighted by molar-refractivity contribution is -0.127. The number of halogens is 1. The molecule has 0 aliphatic carbocycles. The Morgan fingerprint density at radius 1 is 1.25 bits per heavy atom. The first-order chi connectivity index (χ1) is 12.9. The molecule has 2 atom stereocenters. The van der Waals surface area contributed by atoms with Crippen molar-refractivity contribution in [3.8, 4) is 0 Å². The highest BCUT2D eigenvalue weighted by molar-refractivity contribution is 14.0. The summed E-state index contributed by atoms with van der Waals surface area (Å²) >= 11 is 1.71. The maximum atomic E-state index is 11.9. The van der Waals surface area contributed by atoms with Crippen LogP contribution in [0.2, 0.25) is 0 Å². The number of aryl methyl sites for hydroxylation is 1. The predicted octanol–water partition coefficient (Wildman–Crippen LogP) is 3.56. The second kappa shape index (κ2) is 12.0. The Labute approximate surface area is 188 Å². The number of benzene rings is 1. The van der Waals surface area contributed by atoms with Crippen LogP contribution in [0.1, 0.15) is 41.3 Å². The maximum Gasteiger partial charge on any atom is 0.243 e. The third kappa shape index (κ3) is 7.75. The molecular formula is C20H30IN5OS. The minimum atomic E-state index is -0.0351. The molecule has 2 N–H and O–H groups in total. The maximum absolute atomic E-state index is 11.9. The van der Waals surface area contributed by atoms with Crippen molar-refractivity contribution in [3.63, 3.8) is 0 Å². The number of rotatable bonds is 7. The number of nitrogens with zero attached hydrogens (tertiary/aromatic N) is 3. The Kier molecular flexibility index (Phi) is 10.4. The van der Waals surface area contributed by atoms with Crippen molar-refractivity contribution in [3.05, 3.63) is 52.0 Å². The van der Waals surface area contributed by atoms with Crippen LogP contribution in [0.5, 0.6) is 0 Å². The summed E-state index contributed by atoms with van der Waals surface area (Å²) < 4.78 is 0. The number of aliphatic imine (C=N–C) groups is 1. The first-order valence-corrected chi connectivity index (χ1v) is 9.90. The Morgan fingerprint density at radius 3 is 2.50 bits per heavy atom. The number of carbonyl (C=O) groups excluding carboxylic acids is 1. The number of hydrogen-bond acceptors (Lipinski definition) is 4. The van der Waals surface area contributed by atoms with Gasteiger partial charge < -0.3 is 15.5 Å². The van der Waals surface area contributed by atoms with Crippen LogP contribution in [0.3, 0.4) is 0 Å². The van der Waals surface area contributed by atoms with Crippen LogP contribution in [0.4, 0.5) is 0 Å². The van der Waals surface area contributed by atoms with E-state index < -0.39 is 0 Å². The fourth-order valence-electron chi connectivity index (χ4n) is 2.41. The van der Waals surface area contributed by atoms with Crippen molar-refractivity contribution < 1.29 is 4.79 Å². The van der Waals surface area contributed by atoms with Gasteiger partial charge >= 0.3 is 0 Å². The molecule has 1 aromatic heterocycles. The van der Waals surface area contributed by atoms with E-state index in [-0.39, 0.29) is 48.4 Å². The quantitative estimate of drug-likeness (QED) is 0.336. The number of aromatic nitrogens is 1. The molecule has 2 aromatic rings. The Hall–Kier alpha value is -1.68. The molecule has 2 rings (SSSR count). The van der Waals surface area contributed by atoms with Crippen LogP contribution in [-0.4, -0.2) is 48.9 Å². The molecule has 1 heterocycles. The van der Waals surface area contributed by atoms with Crippen LogP contribution in [-0.2, 0) is 4.79 Å². The van der Waals surface area contributed by atoms with Gasteiger partial charge in [-0.2, -0.15) is 0 Å². The highest BCUT2D eigenvalue weighted by Crippen LogP contribution is 2.20. The number of thiazole rings is 1. The molecule has 0 aliphatic heterocycles. The number of hydrogen-bond donors (Lipinski definition) is 2. The molecule has 0 radical (unpaired) electrons. The van der Waals surface area contributed by atoms with Crippen molar-refractivity contribution in [1.29, 1.82) is 0 Å². The van der Waals surface area contributed by atoms with E-state index in [2.05, 4.69) is 53.5 Å². The standard InChI is InChI=1S/C20H29N5OS.HI/c1-14(19-21-12-15(2)27-19)11-22-20(23-13-18(26)25(4)5)24-16(3)17-9-7-6-8-10-17;/h6-10,12,14,16H,11,13H2,1-5H3,(H2,22,23,24);1H. The van der Waals surface area contributed by atoms with E-state index in [1.165, 1.54) is 4.88 Å². The second-order valence-corrected chi connectivity index (χ2v) is 8.09. The number of nitrogens with one attached hydrogen (secondary N) is 2. The molecule has 2 unspecified atom stereocenters. The molecule has 0 fully saturated rings. The van der Waals surface area contributed by atoms with Gasteiger partial charge in [-0.1, -0.05) is 37.3 Å². The van der Waals surface area contributed by atoms with Gasteiger partial charge in [0.25, 0.3) is 0 Å². The fourth-order valence-corrected chi connectivity index (χ4v) is 3.23. The molecule has 1 aromatic carbocycles. The van der Waals surface area contributed by atoms with E-state index in [0.29, 0.717) is 12.5 Å². The Bertz CT molecular complexity index is 763. The van der Waals surface area contributed by atoms with Crippen molar-refractivity contribution in [2.24, 2.45) is 4.99 Å². The van der Waals surface area contributed by atoms with E-state index >= 15 is 0 Å². The van der Waals surface area contributed by atoms with Crippen molar-refractivity contribution in [1.82, 2.24) is 20.5 Å². The van der Waals surface area contributed by atoms with Crippen LogP contribution in [0.25, 0.3) is 0 Å². The molecule has 0 spiro atoms. The average molecular weight is 515 g/mol. The first kappa shape index (κ1) is 24.4. The van der Waals surface area contributed by atoms with Crippen molar-refractivity contribution >= 4 is 47.2 Å². The number of carbonyl (C=O) groups is 1. The highest BCUT2D eigenvalue weighted by atomic mass is 127. The molecule has 6 nitrogen and oxygen atoms in total. The summed E-state index contributed by atoms with van der Waals surface area (Å²) in [5.41, 5.74) is 1.16. The topological polar surface area (TPSA) is 69.6 Å². The predicted molar refractivity (Wildman–Crippen MR) is 128 cm³/mol.